The maximum atomic E-state index is 12.5. The van der Waals surface area contributed by atoms with Crippen LogP contribution in [0.4, 0.5) is 0 Å². The second-order valence-corrected chi connectivity index (χ2v) is 7.08. The van der Waals surface area contributed by atoms with E-state index in [1.807, 2.05) is 23.1 Å². The van der Waals surface area contributed by atoms with Crippen LogP contribution in [0, 0.1) is 0 Å². The first-order valence-corrected chi connectivity index (χ1v) is 9.25. The average molecular weight is 383 g/mol. The van der Waals surface area contributed by atoms with Crippen LogP contribution in [0.3, 0.4) is 0 Å². The largest absolute Gasteiger partial charge is 0.496 e. The van der Waals surface area contributed by atoms with Gasteiger partial charge < -0.3 is 15.4 Å². The zero-order valence-corrected chi connectivity index (χ0v) is 16.4. The van der Waals surface area contributed by atoms with E-state index in [9.17, 15) is 4.79 Å². The van der Waals surface area contributed by atoms with Gasteiger partial charge in [-0.25, -0.2) is 0 Å². The average Bonchev–Trinajstić information content (AvgIpc) is 2.64. The highest BCUT2D eigenvalue weighted by Crippen LogP contribution is 2.20. The number of hydrogen-bond donors (Lipinski definition) is 1. The molecular weight excluding hydrogens is 352 g/mol. The molecule has 0 aliphatic carbocycles. The number of halogens is 1. The lowest BCUT2D eigenvalue weighted by atomic mass is 10.1. The monoisotopic (exact) mass is 382 g/mol. The number of likely N-dealkylation sites (tertiary alicyclic amines) is 1. The highest BCUT2D eigenvalue weighted by Gasteiger charge is 2.24. The van der Waals surface area contributed by atoms with Gasteiger partial charge in [-0.05, 0) is 18.9 Å². The summed E-state index contributed by atoms with van der Waals surface area (Å²) in [5, 5.41) is 0. The zero-order chi connectivity index (χ0) is 17.6. The van der Waals surface area contributed by atoms with Crippen LogP contribution >= 0.6 is 12.4 Å². The third-order valence-electron chi connectivity index (χ3n) is 5.30. The summed E-state index contributed by atoms with van der Waals surface area (Å²) in [5.41, 5.74) is 7.14. The number of carbonyl (C=O) groups excluding carboxylic acids is 1. The highest BCUT2D eigenvalue weighted by molar-refractivity contribution is 5.85. The van der Waals surface area contributed by atoms with Crippen molar-refractivity contribution in [2.75, 3.05) is 52.9 Å². The third-order valence-corrected chi connectivity index (χ3v) is 5.30. The Kier molecular flexibility index (Phi) is 8.15. The molecule has 7 heteroatoms. The van der Waals surface area contributed by atoms with Crippen LogP contribution in [-0.2, 0) is 11.3 Å². The van der Waals surface area contributed by atoms with Gasteiger partial charge in [0.05, 0.1) is 13.7 Å². The van der Waals surface area contributed by atoms with E-state index in [1.165, 1.54) is 5.56 Å². The van der Waals surface area contributed by atoms with Gasteiger partial charge in [-0.15, -0.1) is 12.4 Å². The summed E-state index contributed by atoms with van der Waals surface area (Å²) in [4.78, 5) is 19.2. The van der Waals surface area contributed by atoms with Crippen molar-refractivity contribution >= 4 is 18.3 Å². The van der Waals surface area contributed by atoms with Gasteiger partial charge in [-0.2, -0.15) is 0 Å². The minimum Gasteiger partial charge on any atom is -0.496 e. The van der Waals surface area contributed by atoms with Gasteiger partial charge in [-0.3, -0.25) is 14.6 Å². The second kappa shape index (κ2) is 10.1. The first kappa shape index (κ1) is 21.0. The van der Waals surface area contributed by atoms with Crippen LogP contribution < -0.4 is 10.5 Å². The molecule has 3 rings (SSSR count). The van der Waals surface area contributed by atoms with Crippen LogP contribution in [0.15, 0.2) is 24.3 Å². The first-order valence-electron chi connectivity index (χ1n) is 9.25. The fraction of sp³-hybridized carbons (Fsp3) is 0.632. The summed E-state index contributed by atoms with van der Waals surface area (Å²) in [6, 6.07) is 8.45. The molecule has 2 aliphatic rings. The van der Waals surface area contributed by atoms with Crippen molar-refractivity contribution in [2.24, 2.45) is 5.73 Å². The molecule has 2 fully saturated rings. The summed E-state index contributed by atoms with van der Waals surface area (Å²) in [5.74, 6) is 1.19. The molecule has 0 spiro atoms. The summed E-state index contributed by atoms with van der Waals surface area (Å²) < 4.78 is 5.43. The van der Waals surface area contributed by atoms with Crippen molar-refractivity contribution in [3.63, 3.8) is 0 Å². The predicted octanol–water partition coefficient (Wildman–Crippen LogP) is 1.18. The topological polar surface area (TPSA) is 62.0 Å². The number of carbonyl (C=O) groups is 1. The van der Waals surface area contributed by atoms with Gasteiger partial charge in [0.1, 0.15) is 5.75 Å². The Morgan fingerprint density at radius 1 is 1.08 bits per heavy atom. The molecule has 2 heterocycles. The molecule has 6 nitrogen and oxygen atoms in total. The number of hydrogen-bond acceptors (Lipinski definition) is 5. The Labute approximate surface area is 162 Å². The lowest BCUT2D eigenvalue weighted by Gasteiger charge is -2.37. The fourth-order valence-electron chi connectivity index (χ4n) is 3.63. The minimum absolute atomic E-state index is 0. The van der Waals surface area contributed by atoms with E-state index >= 15 is 0 Å². The van der Waals surface area contributed by atoms with E-state index in [0.717, 1.165) is 64.4 Å². The number of nitrogens with two attached hydrogens (primary N) is 1. The van der Waals surface area contributed by atoms with Crippen molar-refractivity contribution in [3.8, 4) is 5.75 Å². The van der Waals surface area contributed by atoms with E-state index in [2.05, 4.69) is 15.9 Å². The summed E-state index contributed by atoms with van der Waals surface area (Å²) >= 11 is 0. The first-order chi connectivity index (χ1) is 12.2. The molecule has 2 N–H and O–H groups in total. The molecular formula is C19H31ClN4O2. The van der Waals surface area contributed by atoms with Gasteiger partial charge in [0.25, 0.3) is 0 Å². The summed E-state index contributed by atoms with van der Waals surface area (Å²) in [6.07, 6.45) is 2.00. The Balaban J connectivity index is 0.00000243. The van der Waals surface area contributed by atoms with E-state index in [-0.39, 0.29) is 18.3 Å². The van der Waals surface area contributed by atoms with Crippen LogP contribution in [0.25, 0.3) is 0 Å². The Bertz CT molecular complexity index is 570. The molecule has 2 aliphatic heterocycles. The minimum atomic E-state index is 0. The van der Waals surface area contributed by atoms with E-state index in [0.29, 0.717) is 12.6 Å². The normalized spacial score (nSPS) is 19.8. The van der Waals surface area contributed by atoms with Crippen molar-refractivity contribution < 1.29 is 9.53 Å². The molecule has 0 aromatic heterocycles. The number of piperidine rings is 1. The standard InChI is InChI=1S/C19H30N4O2.ClH/c1-25-18-5-3-2-4-16(18)14-22-10-12-23(13-11-22)19(24)15-21-8-6-17(20)7-9-21;/h2-5,17H,6-15,20H2,1H3;1H. The third kappa shape index (κ3) is 5.58. The number of nitrogens with zero attached hydrogens (tertiary/aromatic N) is 3. The van der Waals surface area contributed by atoms with E-state index in [4.69, 9.17) is 10.5 Å². The molecule has 0 saturated carbocycles. The zero-order valence-electron chi connectivity index (χ0n) is 15.6. The quantitative estimate of drug-likeness (QED) is 0.828. The van der Waals surface area contributed by atoms with E-state index in [1.54, 1.807) is 7.11 Å². The Morgan fingerprint density at radius 3 is 2.38 bits per heavy atom. The van der Waals surface area contributed by atoms with Crippen LogP contribution in [-0.4, -0.2) is 79.6 Å². The molecule has 0 atom stereocenters. The summed E-state index contributed by atoms with van der Waals surface area (Å²) in [6.45, 7) is 6.74. The van der Waals surface area contributed by atoms with Gasteiger partial charge in [0.2, 0.25) is 5.91 Å². The fourth-order valence-corrected chi connectivity index (χ4v) is 3.63. The van der Waals surface area contributed by atoms with Gasteiger partial charge in [-0.1, -0.05) is 18.2 Å². The predicted molar refractivity (Wildman–Crippen MR) is 106 cm³/mol. The smallest absolute Gasteiger partial charge is 0.236 e. The Morgan fingerprint density at radius 2 is 1.73 bits per heavy atom. The number of amides is 1. The number of para-hydroxylation sites is 1. The van der Waals surface area contributed by atoms with Crippen molar-refractivity contribution in [1.82, 2.24) is 14.7 Å². The number of piperazine rings is 1. The maximum Gasteiger partial charge on any atom is 0.236 e. The number of benzene rings is 1. The molecule has 0 bridgehead atoms. The molecule has 1 amide bonds. The van der Waals surface area contributed by atoms with Gasteiger partial charge >= 0.3 is 0 Å². The van der Waals surface area contributed by atoms with Gasteiger partial charge in [0.15, 0.2) is 0 Å². The van der Waals surface area contributed by atoms with Crippen molar-refractivity contribution in [2.45, 2.75) is 25.4 Å². The van der Waals surface area contributed by atoms with Crippen molar-refractivity contribution in [1.29, 1.82) is 0 Å². The number of methoxy groups -OCH3 is 1. The molecule has 146 valence electrons. The van der Waals surface area contributed by atoms with E-state index < -0.39 is 0 Å². The second-order valence-electron chi connectivity index (χ2n) is 7.08. The SMILES string of the molecule is COc1ccccc1CN1CCN(C(=O)CN2CCC(N)CC2)CC1.Cl. The van der Waals surface area contributed by atoms with Gasteiger partial charge in [0, 0.05) is 57.4 Å². The number of ether oxygens (including phenoxy) is 1. The maximum absolute atomic E-state index is 12.5. The molecule has 0 unspecified atom stereocenters. The lowest BCUT2D eigenvalue weighted by molar-refractivity contribution is -0.134. The highest BCUT2D eigenvalue weighted by atomic mass is 35.5. The Hall–Kier alpha value is -1.34. The lowest BCUT2D eigenvalue weighted by Crippen LogP contribution is -2.52. The molecule has 26 heavy (non-hydrogen) atoms. The van der Waals surface area contributed by atoms with Crippen LogP contribution in [0.2, 0.25) is 0 Å². The molecule has 1 aromatic carbocycles. The number of rotatable bonds is 5. The molecule has 2 saturated heterocycles. The summed E-state index contributed by atoms with van der Waals surface area (Å²) in [7, 11) is 1.71. The van der Waals surface area contributed by atoms with Crippen LogP contribution in [0.1, 0.15) is 18.4 Å². The van der Waals surface area contributed by atoms with Crippen molar-refractivity contribution in [3.05, 3.63) is 29.8 Å². The molecule has 1 aromatic rings. The van der Waals surface area contributed by atoms with Crippen LogP contribution in [0.5, 0.6) is 5.75 Å². The molecule has 0 radical (unpaired) electrons.